The minimum atomic E-state index is 0.946. The molecule has 0 unspecified atom stereocenters. The van der Waals surface area contributed by atoms with Gasteiger partial charge in [-0.2, -0.15) is 0 Å². The zero-order chi connectivity index (χ0) is 13.3. The highest BCUT2D eigenvalue weighted by Gasteiger charge is 1.92. The van der Waals surface area contributed by atoms with Gasteiger partial charge in [-0.1, -0.05) is 78.1 Å². The average molecular weight is 248 g/mol. The van der Waals surface area contributed by atoms with Crippen LogP contribution in [-0.4, -0.2) is 0 Å². The summed E-state index contributed by atoms with van der Waals surface area (Å²) in [6.45, 7) is 7.65. The highest BCUT2D eigenvalue weighted by atomic mass is 14.0. The van der Waals surface area contributed by atoms with E-state index in [0.29, 0.717) is 0 Å². The van der Waals surface area contributed by atoms with E-state index in [1.165, 1.54) is 64.2 Å². The molecule has 0 fully saturated rings. The van der Waals surface area contributed by atoms with Gasteiger partial charge in [0.1, 0.15) is 0 Å². The second kappa shape index (κ2) is 16.6. The van der Waals surface area contributed by atoms with Crippen molar-refractivity contribution in [1.82, 2.24) is 0 Å². The molecule has 0 heteroatoms. The lowest BCUT2D eigenvalue weighted by atomic mass is 10.1. The van der Waals surface area contributed by atoms with E-state index in [1.54, 1.807) is 0 Å². The zero-order valence-corrected chi connectivity index (χ0v) is 12.3. The van der Waals surface area contributed by atoms with Crippen LogP contribution in [0.15, 0.2) is 0 Å². The van der Waals surface area contributed by atoms with E-state index < -0.39 is 0 Å². The largest absolute Gasteiger partial charge is 0.103 e. The molecule has 0 aliphatic heterocycles. The Labute approximate surface area is 116 Å². The molecule has 0 heterocycles. The molecule has 104 valence electrons. The van der Waals surface area contributed by atoms with Crippen LogP contribution in [0.2, 0.25) is 0 Å². The Balaban J connectivity index is 2.97. The topological polar surface area (TPSA) is 0 Å². The summed E-state index contributed by atoms with van der Waals surface area (Å²) in [6, 6.07) is 0. The first-order chi connectivity index (χ1) is 8.91. The average Bonchev–Trinajstić information content (AvgIpc) is 2.39. The minimum Gasteiger partial charge on any atom is -0.103 e. The van der Waals surface area contributed by atoms with Crippen LogP contribution in [0.3, 0.4) is 0 Å². The Morgan fingerprint density at radius 3 is 1.39 bits per heavy atom. The van der Waals surface area contributed by atoms with E-state index in [2.05, 4.69) is 25.7 Å². The van der Waals surface area contributed by atoms with Crippen molar-refractivity contribution in [3.63, 3.8) is 0 Å². The van der Waals surface area contributed by atoms with Crippen molar-refractivity contribution >= 4 is 0 Å². The third kappa shape index (κ3) is 15.6. The minimum absolute atomic E-state index is 0.946. The maximum Gasteiger partial charge on any atom is 0.00886 e. The van der Waals surface area contributed by atoms with E-state index in [1.807, 2.05) is 0 Å². The summed E-state index contributed by atoms with van der Waals surface area (Å²) in [5, 5.41) is 0. The summed E-state index contributed by atoms with van der Waals surface area (Å²) in [6.07, 6.45) is 18.0. The molecule has 0 aliphatic rings. The molecule has 0 amide bonds. The van der Waals surface area contributed by atoms with Gasteiger partial charge < -0.3 is 0 Å². The van der Waals surface area contributed by atoms with Crippen molar-refractivity contribution in [2.75, 3.05) is 0 Å². The molecular weight excluding hydrogens is 216 g/mol. The lowest BCUT2D eigenvalue weighted by Crippen LogP contribution is -1.82. The predicted octanol–water partition coefficient (Wildman–Crippen LogP) is 6.12. The summed E-state index contributed by atoms with van der Waals surface area (Å²) in [4.78, 5) is 0. The van der Waals surface area contributed by atoms with E-state index in [4.69, 9.17) is 0 Å². The van der Waals surface area contributed by atoms with Gasteiger partial charge in [0.05, 0.1) is 0 Å². The van der Waals surface area contributed by atoms with Crippen molar-refractivity contribution in [3.8, 4) is 11.8 Å². The molecular formula is C18H32. The monoisotopic (exact) mass is 248 g/mol. The molecule has 0 bridgehead atoms. The van der Waals surface area contributed by atoms with Gasteiger partial charge in [-0.25, -0.2) is 0 Å². The summed E-state index contributed by atoms with van der Waals surface area (Å²) in [7, 11) is 0. The van der Waals surface area contributed by atoms with Crippen LogP contribution in [0.5, 0.6) is 0 Å². The SMILES string of the molecule is [CH2]CCC#CCCCCCCCCCCCC[CH2]. The molecule has 2 radical (unpaired) electrons. The standard InChI is InChI=1S/C18H32/c1-3-5-7-9-11-13-15-17-18-16-14-12-10-8-6-4-2/h1-7,9,11-18H2. The van der Waals surface area contributed by atoms with Gasteiger partial charge in [0.2, 0.25) is 0 Å². The molecule has 0 spiro atoms. The maximum atomic E-state index is 3.87. The van der Waals surface area contributed by atoms with Gasteiger partial charge >= 0.3 is 0 Å². The Kier molecular flexibility index (Phi) is 16.2. The molecule has 0 aromatic heterocycles. The van der Waals surface area contributed by atoms with Crippen molar-refractivity contribution in [2.45, 2.75) is 89.9 Å². The van der Waals surface area contributed by atoms with Gasteiger partial charge in [0.25, 0.3) is 0 Å². The Morgan fingerprint density at radius 1 is 0.444 bits per heavy atom. The van der Waals surface area contributed by atoms with E-state index in [0.717, 1.165) is 25.7 Å². The van der Waals surface area contributed by atoms with E-state index in [9.17, 15) is 0 Å². The molecule has 0 atom stereocenters. The highest BCUT2D eigenvalue weighted by Crippen LogP contribution is 2.11. The first-order valence-electron chi connectivity index (χ1n) is 7.96. The van der Waals surface area contributed by atoms with Crippen LogP contribution < -0.4 is 0 Å². The van der Waals surface area contributed by atoms with Crippen LogP contribution in [-0.2, 0) is 0 Å². The fourth-order valence-electron chi connectivity index (χ4n) is 2.07. The van der Waals surface area contributed by atoms with Crippen LogP contribution in [0, 0.1) is 25.7 Å². The Morgan fingerprint density at radius 2 is 0.889 bits per heavy atom. The second-order valence-electron chi connectivity index (χ2n) is 5.10. The maximum absolute atomic E-state index is 3.87. The molecule has 0 aliphatic carbocycles. The number of hydrogen-bond donors (Lipinski definition) is 0. The second-order valence-corrected chi connectivity index (χ2v) is 5.10. The molecule has 0 aromatic carbocycles. The third-order valence-electron chi connectivity index (χ3n) is 3.23. The number of unbranched alkanes of at least 4 members (excludes halogenated alkanes) is 12. The summed E-state index contributed by atoms with van der Waals surface area (Å²) >= 11 is 0. The van der Waals surface area contributed by atoms with Crippen LogP contribution in [0.4, 0.5) is 0 Å². The van der Waals surface area contributed by atoms with Gasteiger partial charge in [-0.05, 0) is 12.8 Å². The summed E-state index contributed by atoms with van der Waals surface area (Å²) < 4.78 is 0. The summed E-state index contributed by atoms with van der Waals surface area (Å²) in [5.74, 6) is 6.38. The lowest BCUT2D eigenvalue weighted by Gasteiger charge is -2.01. The van der Waals surface area contributed by atoms with E-state index in [-0.39, 0.29) is 0 Å². The van der Waals surface area contributed by atoms with Crippen molar-refractivity contribution in [3.05, 3.63) is 13.8 Å². The number of rotatable bonds is 12. The normalized spacial score (nSPS) is 10.1. The van der Waals surface area contributed by atoms with Gasteiger partial charge in [0.15, 0.2) is 0 Å². The summed E-state index contributed by atoms with van der Waals surface area (Å²) in [5.41, 5.74) is 0. The van der Waals surface area contributed by atoms with Crippen molar-refractivity contribution < 1.29 is 0 Å². The fraction of sp³-hybridized carbons (Fsp3) is 0.778. The Bertz CT molecular complexity index is 194. The van der Waals surface area contributed by atoms with Crippen molar-refractivity contribution in [2.24, 2.45) is 0 Å². The molecule has 0 saturated heterocycles. The van der Waals surface area contributed by atoms with Crippen LogP contribution in [0.25, 0.3) is 0 Å². The molecule has 18 heavy (non-hydrogen) atoms. The van der Waals surface area contributed by atoms with Crippen LogP contribution in [0.1, 0.15) is 89.9 Å². The smallest absolute Gasteiger partial charge is 0.00886 e. The van der Waals surface area contributed by atoms with Crippen LogP contribution >= 0.6 is 0 Å². The predicted molar refractivity (Wildman–Crippen MR) is 83.1 cm³/mol. The first kappa shape index (κ1) is 17.6. The van der Waals surface area contributed by atoms with Crippen molar-refractivity contribution in [1.29, 1.82) is 0 Å². The molecule has 0 nitrogen and oxygen atoms in total. The Hall–Kier alpha value is -0.440. The van der Waals surface area contributed by atoms with Gasteiger partial charge in [-0.15, -0.1) is 11.8 Å². The van der Waals surface area contributed by atoms with Gasteiger partial charge in [0, 0.05) is 12.8 Å². The highest BCUT2D eigenvalue weighted by molar-refractivity contribution is 4.98. The molecule has 0 N–H and O–H groups in total. The quantitative estimate of drug-likeness (QED) is 0.288. The van der Waals surface area contributed by atoms with E-state index >= 15 is 0 Å². The molecule has 0 saturated carbocycles. The third-order valence-corrected chi connectivity index (χ3v) is 3.23. The first-order valence-corrected chi connectivity index (χ1v) is 7.96. The molecule has 0 aromatic rings. The molecule has 0 rings (SSSR count). The lowest BCUT2D eigenvalue weighted by molar-refractivity contribution is 0.554. The van der Waals surface area contributed by atoms with Gasteiger partial charge in [-0.3, -0.25) is 0 Å². The number of hydrogen-bond acceptors (Lipinski definition) is 0. The fourth-order valence-corrected chi connectivity index (χ4v) is 2.07. The zero-order valence-electron chi connectivity index (χ0n) is 12.3.